The highest BCUT2D eigenvalue weighted by Gasteiger charge is 2.20. The molecule has 0 spiro atoms. The molecule has 1 atom stereocenters. The number of amides is 1. The van der Waals surface area contributed by atoms with Crippen molar-refractivity contribution in [2.75, 3.05) is 25.6 Å². The van der Waals surface area contributed by atoms with Crippen molar-refractivity contribution >= 4 is 21.6 Å². The molecule has 0 radical (unpaired) electrons. The fourth-order valence-corrected chi connectivity index (χ4v) is 4.00. The minimum atomic E-state index is -3.64. The molecule has 7 nitrogen and oxygen atoms in total. The van der Waals surface area contributed by atoms with Gasteiger partial charge in [-0.15, -0.1) is 0 Å². The van der Waals surface area contributed by atoms with Gasteiger partial charge in [-0.3, -0.25) is 4.79 Å². The fourth-order valence-electron chi connectivity index (χ4n) is 2.93. The molecule has 0 aliphatic carbocycles. The fraction of sp³-hybridized carbons (Fsp3) is 0.350. The van der Waals surface area contributed by atoms with Crippen molar-refractivity contribution in [3.05, 3.63) is 53.6 Å². The van der Waals surface area contributed by atoms with E-state index < -0.39 is 10.0 Å². The van der Waals surface area contributed by atoms with E-state index in [4.69, 9.17) is 9.47 Å². The molecular formula is C20H24N2O5S. The van der Waals surface area contributed by atoms with Crippen LogP contribution < -0.4 is 14.8 Å². The Morgan fingerprint density at radius 1 is 1.21 bits per heavy atom. The predicted octanol–water partition coefficient (Wildman–Crippen LogP) is 2.71. The number of sulfonamides is 1. The maximum absolute atomic E-state index is 12.5. The Morgan fingerprint density at radius 2 is 1.96 bits per heavy atom. The summed E-state index contributed by atoms with van der Waals surface area (Å²) >= 11 is 0. The van der Waals surface area contributed by atoms with E-state index in [1.807, 2.05) is 19.1 Å². The van der Waals surface area contributed by atoms with Gasteiger partial charge in [0.2, 0.25) is 10.0 Å². The van der Waals surface area contributed by atoms with Crippen molar-refractivity contribution < 1.29 is 22.7 Å². The van der Waals surface area contributed by atoms with E-state index >= 15 is 0 Å². The van der Waals surface area contributed by atoms with Crippen LogP contribution in [0.2, 0.25) is 0 Å². The van der Waals surface area contributed by atoms with Crippen LogP contribution in [-0.2, 0) is 14.8 Å². The van der Waals surface area contributed by atoms with Gasteiger partial charge in [-0.2, -0.15) is 0 Å². The first-order chi connectivity index (χ1) is 13.4. The Morgan fingerprint density at radius 3 is 2.61 bits per heavy atom. The smallest absolute Gasteiger partial charge is 0.255 e. The minimum absolute atomic E-state index is 0.0778. The summed E-state index contributed by atoms with van der Waals surface area (Å²) in [6.45, 7) is 2.80. The highest BCUT2D eigenvalue weighted by molar-refractivity contribution is 7.89. The largest absolute Gasteiger partial charge is 0.497 e. The monoisotopic (exact) mass is 404 g/mol. The lowest BCUT2D eigenvalue weighted by Gasteiger charge is -2.12. The van der Waals surface area contributed by atoms with E-state index in [1.165, 1.54) is 24.3 Å². The van der Waals surface area contributed by atoms with Crippen molar-refractivity contribution in [3.63, 3.8) is 0 Å². The van der Waals surface area contributed by atoms with Gasteiger partial charge in [0.1, 0.15) is 5.75 Å². The van der Waals surface area contributed by atoms with E-state index in [2.05, 4.69) is 10.0 Å². The van der Waals surface area contributed by atoms with Crippen LogP contribution >= 0.6 is 0 Å². The van der Waals surface area contributed by atoms with Crippen LogP contribution in [0.5, 0.6) is 5.75 Å². The lowest BCUT2D eigenvalue weighted by molar-refractivity contribution is 0.102. The van der Waals surface area contributed by atoms with Crippen molar-refractivity contribution in [2.45, 2.75) is 30.8 Å². The van der Waals surface area contributed by atoms with E-state index in [0.717, 1.165) is 18.4 Å². The third-order valence-corrected chi connectivity index (χ3v) is 6.08. The second-order valence-electron chi connectivity index (χ2n) is 6.65. The maximum atomic E-state index is 12.5. The second-order valence-corrected chi connectivity index (χ2v) is 8.41. The number of benzene rings is 2. The molecule has 1 saturated heterocycles. The van der Waals surface area contributed by atoms with E-state index in [0.29, 0.717) is 23.6 Å². The van der Waals surface area contributed by atoms with Gasteiger partial charge in [0, 0.05) is 30.5 Å². The molecule has 0 saturated carbocycles. The standard InChI is InChI=1S/C20H24N2O5S/c1-14-5-8-16(26-2)12-19(14)22-20(23)15-6-9-18(10-7-15)28(24,25)21-13-17-4-3-11-27-17/h5-10,12,17,21H,3-4,11,13H2,1-2H3,(H,22,23). The Balaban J connectivity index is 1.67. The summed E-state index contributed by atoms with van der Waals surface area (Å²) in [6.07, 6.45) is 1.72. The molecule has 150 valence electrons. The molecule has 1 amide bonds. The van der Waals surface area contributed by atoms with Crippen LogP contribution in [0, 0.1) is 6.92 Å². The Labute approximate surface area is 165 Å². The van der Waals surface area contributed by atoms with Gasteiger partial charge in [-0.1, -0.05) is 6.07 Å². The van der Waals surface area contributed by atoms with Crippen LogP contribution in [-0.4, -0.2) is 40.7 Å². The summed E-state index contributed by atoms with van der Waals surface area (Å²) in [5.41, 5.74) is 1.89. The molecule has 1 unspecified atom stereocenters. The van der Waals surface area contributed by atoms with Crippen LogP contribution in [0.3, 0.4) is 0 Å². The number of hydrogen-bond acceptors (Lipinski definition) is 5. The number of anilines is 1. The van der Waals surface area contributed by atoms with Gasteiger partial charge in [0.05, 0.1) is 18.1 Å². The van der Waals surface area contributed by atoms with Crippen molar-refractivity contribution in [1.82, 2.24) is 4.72 Å². The third kappa shape index (κ3) is 4.89. The average Bonchev–Trinajstić information content (AvgIpc) is 3.22. The Kier molecular flexibility index (Phi) is 6.33. The molecule has 2 aromatic carbocycles. The quantitative estimate of drug-likeness (QED) is 0.740. The summed E-state index contributed by atoms with van der Waals surface area (Å²) in [7, 11) is -2.09. The summed E-state index contributed by atoms with van der Waals surface area (Å²) in [5.74, 6) is 0.312. The van der Waals surface area contributed by atoms with Crippen LogP contribution in [0.25, 0.3) is 0 Å². The zero-order chi connectivity index (χ0) is 20.1. The summed E-state index contributed by atoms with van der Waals surface area (Å²) in [5, 5.41) is 2.82. The van der Waals surface area contributed by atoms with Gasteiger partial charge >= 0.3 is 0 Å². The second kappa shape index (κ2) is 8.72. The zero-order valence-electron chi connectivity index (χ0n) is 15.9. The van der Waals surface area contributed by atoms with E-state index in [9.17, 15) is 13.2 Å². The van der Waals surface area contributed by atoms with E-state index in [1.54, 1.807) is 13.2 Å². The number of aryl methyl sites for hydroxylation is 1. The summed E-state index contributed by atoms with van der Waals surface area (Å²) in [6, 6.07) is 11.2. The number of nitrogens with one attached hydrogen (secondary N) is 2. The first-order valence-corrected chi connectivity index (χ1v) is 10.5. The van der Waals surface area contributed by atoms with Crippen LogP contribution in [0.15, 0.2) is 47.4 Å². The lowest BCUT2D eigenvalue weighted by atomic mass is 10.1. The van der Waals surface area contributed by atoms with Crippen molar-refractivity contribution in [2.24, 2.45) is 0 Å². The molecule has 0 aromatic heterocycles. The van der Waals surface area contributed by atoms with Gasteiger partial charge < -0.3 is 14.8 Å². The van der Waals surface area contributed by atoms with Gasteiger partial charge in [0.25, 0.3) is 5.91 Å². The summed E-state index contributed by atoms with van der Waals surface area (Å²) < 4.78 is 38.0. The number of hydrogen-bond donors (Lipinski definition) is 2. The van der Waals surface area contributed by atoms with Gasteiger partial charge in [-0.05, 0) is 55.7 Å². The highest BCUT2D eigenvalue weighted by atomic mass is 32.2. The average molecular weight is 404 g/mol. The number of carbonyl (C=O) groups excluding carboxylic acids is 1. The van der Waals surface area contributed by atoms with Gasteiger partial charge in [-0.25, -0.2) is 13.1 Å². The first-order valence-electron chi connectivity index (χ1n) is 9.06. The lowest BCUT2D eigenvalue weighted by Crippen LogP contribution is -2.31. The molecule has 0 bridgehead atoms. The Bertz CT molecular complexity index is 936. The molecule has 2 N–H and O–H groups in total. The zero-order valence-corrected chi connectivity index (χ0v) is 16.7. The topological polar surface area (TPSA) is 93.7 Å². The van der Waals surface area contributed by atoms with Crippen LogP contribution in [0.4, 0.5) is 5.69 Å². The van der Waals surface area contributed by atoms with Gasteiger partial charge in [0.15, 0.2) is 0 Å². The first kappa shape index (κ1) is 20.3. The molecule has 28 heavy (non-hydrogen) atoms. The normalized spacial score (nSPS) is 16.7. The molecule has 3 rings (SSSR count). The molecular weight excluding hydrogens is 380 g/mol. The molecule has 1 heterocycles. The minimum Gasteiger partial charge on any atom is -0.497 e. The predicted molar refractivity (Wildman–Crippen MR) is 106 cm³/mol. The molecule has 1 aliphatic rings. The molecule has 2 aromatic rings. The summed E-state index contributed by atoms with van der Waals surface area (Å²) in [4.78, 5) is 12.6. The van der Waals surface area contributed by atoms with Crippen LogP contribution in [0.1, 0.15) is 28.8 Å². The Hall–Kier alpha value is -2.42. The third-order valence-electron chi connectivity index (χ3n) is 4.64. The number of methoxy groups -OCH3 is 1. The van der Waals surface area contributed by atoms with Crippen molar-refractivity contribution in [3.8, 4) is 5.75 Å². The number of rotatable bonds is 7. The number of carbonyl (C=O) groups is 1. The molecule has 1 aliphatic heterocycles. The SMILES string of the molecule is COc1ccc(C)c(NC(=O)c2ccc(S(=O)(=O)NCC3CCCO3)cc2)c1. The highest BCUT2D eigenvalue weighted by Crippen LogP contribution is 2.22. The van der Waals surface area contributed by atoms with E-state index in [-0.39, 0.29) is 23.5 Å². The molecule has 8 heteroatoms. The number of ether oxygens (including phenoxy) is 2. The van der Waals surface area contributed by atoms with Crippen molar-refractivity contribution in [1.29, 1.82) is 0 Å². The maximum Gasteiger partial charge on any atom is 0.255 e. The molecule has 1 fully saturated rings.